The summed E-state index contributed by atoms with van der Waals surface area (Å²) < 4.78 is 0. The quantitative estimate of drug-likeness (QED) is 0.710. The van der Waals surface area contributed by atoms with E-state index in [4.69, 9.17) is 0 Å². The Morgan fingerprint density at radius 2 is 2.04 bits per heavy atom. The fraction of sp³-hybridized carbons (Fsp3) is 0.250. The van der Waals surface area contributed by atoms with Crippen molar-refractivity contribution in [3.05, 3.63) is 66.2 Å². The first-order chi connectivity index (χ1) is 12.8. The lowest BCUT2D eigenvalue weighted by atomic mass is 10.1. The Kier molecular flexibility index (Phi) is 4.75. The number of pyridine rings is 2. The molecule has 1 aliphatic rings. The number of aromatic nitrogens is 3. The van der Waals surface area contributed by atoms with Crippen LogP contribution in [0, 0.1) is 0 Å². The van der Waals surface area contributed by atoms with Gasteiger partial charge in [0.2, 0.25) is 5.78 Å². The molecule has 0 atom stereocenters. The highest BCUT2D eigenvalue weighted by Gasteiger charge is 2.16. The lowest BCUT2D eigenvalue weighted by Crippen LogP contribution is -2.28. The van der Waals surface area contributed by atoms with Crippen molar-refractivity contribution < 1.29 is 4.79 Å². The van der Waals surface area contributed by atoms with E-state index in [1.807, 2.05) is 36.5 Å². The molecule has 0 aliphatic carbocycles. The molecule has 0 amide bonds. The predicted octanol–water partition coefficient (Wildman–Crippen LogP) is 2.50. The van der Waals surface area contributed by atoms with E-state index in [0.717, 1.165) is 49.7 Å². The summed E-state index contributed by atoms with van der Waals surface area (Å²) in [6.45, 7) is 3.80. The van der Waals surface area contributed by atoms with Gasteiger partial charge in [-0.05, 0) is 43.3 Å². The van der Waals surface area contributed by atoms with Crippen molar-refractivity contribution >= 4 is 11.6 Å². The molecule has 0 bridgehead atoms. The van der Waals surface area contributed by atoms with Crippen molar-refractivity contribution in [2.24, 2.45) is 0 Å². The topological polar surface area (TPSA) is 73.9 Å². The van der Waals surface area contributed by atoms with E-state index in [0.29, 0.717) is 11.3 Å². The van der Waals surface area contributed by atoms with Crippen molar-refractivity contribution in [1.82, 2.24) is 20.3 Å². The molecule has 6 nitrogen and oxygen atoms in total. The van der Waals surface area contributed by atoms with Gasteiger partial charge in [-0.1, -0.05) is 6.07 Å². The van der Waals surface area contributed by atoms with Crippen LogP contribution in [0.1, 0.15) is 22.5 Å². The van der Waals surface area contributed by atoms with Crippen LogP contribution in [0.15, 0.2) is 55.0 Å². The molecular weight excluding hydrogens is 326 g/mol. The fourth-order valence-corrected chi connectivity index (χ4v) is 3.17. The minimum Gasteiger partial charge on any atom is -0.361 e. The molecule has 1 saturated heterocycles. The van der Waals surface area contributed by atoms with E-state index in [2.05, 4.69) is 25.2 Å². The molecule has 0 aromatic carbocycles. The SMILES string of the molecule is O=C(c1cncc(-c2ccc[nH]2)c1)c1cccc(N2CCCNCC2)n1. The first-order valence-corrected chi connectivity index (χ1v) is 8.87. The van der Waals surface area contributed by atoms with E-state index in [1.165, 1.54) is 0 Å². The van der Waals surface area contributed by atoms with Gasteiger partial charge in [0.05, 0.1) is 0 Å². The molecular formula is C20H21N5O. The highest BCUT2D eigenvalue weighted by Crippen LogP contribution is 2.20. The lowest BCUT2D eigenvalue weighted by molar-refractivity contribution is 0.103. The van der Waals surface area contributed by atoms with E-state index in [-0.39, 0.29) is 5.78 Å². The molecule has 0 saturated carbocycles. The second-order valence-electron chi connectivity index (χ2n) is 6.35. The largest absolute Gasteiger partial charge is 0.361 e. The Balaban J connectivity index is 1.60. The van der Waals surface area contributed by atoms with Crippen molar-refractivity contribution in [3.8, 4) is 11.3 Å². The average Bonchev–Trinajstić information content (AvgIpc) is 3.10. The number of rotatable bonds is 4. The number of nitrogens with zero attached hydrogens (tertiary/aromatic N) is 3. The van der Waals surface area contributed by atoms with E-state index >= 15 is 0 Å². The third-order valence-electron chi connectivity index (χ3n) is 4.54. The van der Waals surface area contributed by atoms with Crippen LogP contribution in [0.25, 0.3) is 11.3 Å². The third kappa shape index (κ3) is 3.50. The van der Waals surface area contributed by atoms with Gasteiger partial charge in [0.15, 0.2) is 0 Å². The zero-order valence-electron chi connectivity index (χ0n) is 14.5. The maximum atomic E-state index is 12.9. The number of nitrogens with one attached hydrogen (secondary N) is 2. The van der Waals surface area contributed by atoms with Crippen molar-refractivity contribution in [2.45, 2.75) is 6.42 Å². The molecule has 3 aromatic rings. The predicted molar refractivity (Wildman–Crippen MR) is 101 cm³/mol. The number of hydrogen-bond donors (Lipinski definition) is 2. The monoisotopic (exact) mass is 347 g/mol. The molecule has 3 aromatic heterocycles. The molecule has 26 heavy (non-hydrogen) atoms. The van der Waals surface area contributed by atoms with Crippen LogP contribution in [-0.2, 0) is 0 Å². The summed E-state index contributed by atoms with van der Waals surface area (Å²) in [6, 6.07) is 11.4. The van der Waals surface area contributed by atoms with Crippen molar-refractivity contribution in [2.75, 3.05) is 31.1 Å². The minimum atomic E-state index is -0.110. The van der Waals surface area contributed by atoms with Gasteiger partial charge in [0.1, 0.15) is 11.5 Å². The summed E-state index contributed by atoms with van der Waals surface area (Å²) in [5, 5.41) is 3.38. The fourth-order valence-electron chi connectivity index (χ4n) is 3.17. The zero-order chi connectivity index (χ0) is 17.8. The molecule has 6 heteroatoms. The maximum absolute atomic E-state index is 12.9. The van der Waals surface area contributed by atoms with E-state index < -0.39 is 0 Å². The van der Waals surface area contributed by atoms with Gasteiger partial charge in [-0.25, -0.2) is 4.98 Å². The van der Waals surface area contributed by atoms with Gasteiger partial charge < -0.3 is 15.2 Å². The number of aromatic amines is 1. The van der Waals surface area contributed by atoms with Gasteiger partial charge in [0.25, 0.3) is 0 Å². The normalized spacial score (nSPS) is 14.8. The number of carbonyl (C=O) groups excluding carboxylic acids is 1. The number of anilines is 1. The first-order valence-electron chi connectivity index (χ1n) is 8.87. The Morgan fingerprint density at radius 1 is 1.08 bits per heavy atom. The molecule has 0 spiro atoms. The first kappa shape index (κ1) is 16.5. The summed E-state index contributed by atoms with van der Waals surface area (Å²) in [5.74, 6) is 0.744. The molecule has 4 heterocycles. The Bertz CT molecular complexity index is 883. The third-order valence-corrected chi connectivity index (χ3v) is 4.54. The summed E-state index contributed by atoms with van der Waals surface area (Å²) in [4.78, 5) is 27.1. The lowest BCUT2D eigenvalue weighted by Gasteiger charge is -2.21. The van der Waals surface area contributed by atoms with Crippen LogP contribution in [0.4, 0.5) is 5.82 Å². The second kappa shape index (κ2) is 7.49. The molecule has 132 valence electrons. The Labute approximate surface area is 152 Å². The van der Waals surface area contributed by atoms with Crippen LogP contribution >= 0.6 is 0 Å². The standard InChI is InChI=1S/C20H21N5O/c26-20(16-12-15(13-22-14-16)17-5-2-8-23-17)18-4-1-6-19(24-18)25-10-3-7-21-9-11-25/h1-2,4-6,8,12-14,21,23H,3,7,9-11H2. The Hall–Kier alpha value is -2.99. The molecule has 2 N–H and O–H groups in total. The molecule has 1 fully saturated rings. The van der Waals surface area contributed by atoms with Crippen LogP contribution in [0.2, 0.25) is 0 Å². The number of H-pyrrole nitrogens is 1. The molecule has 0 unspecified atom stereocenters. The molecule has 0 radical (unpaired) electrons. The van der Waals surface area contributed by atoms with Gasteiger partial charge in [-0.15, -0.1) is 0 Å². The summed E-state index contributed by atoms with van der Waals surface area (Å²) in [6.07, 6.45) is 6.27. The van der Waals surface area contributed by atoms with Crippen LogP contribution in [0.5, 0.6) is 0 Å². The van der Waals surface area contributed by atoms with Gasteiger partial charge in [-0.2, -0.15) is 0 Å². The highest BCUT2D eigenvalue weighted by molar-refractivity contribution is 6.08. The maximum Gasteiger partial charge on any atom is 0.212 e. The van der Waals surface area contributed by atoms with Crippen molar-refractivity contribution in [1.29, 1.82) is 0 Å². The van der Waals surface area contributed by atoms with E-state index in [9.17, 15) is 4.79 Å². The second-order valence-corrected chi connectivity index (χ2v) is 6.35. The van der Waals surface area contributed by atoms with Crippen molar-refractivity contribution in [3.63, 3.8) is 0 Å². The smallest absolute Gasteiger partial charge is 0.212 e. The van der Waals surface area contributed by atoms with Crippen LogP contribution < -0.4 is 10.2 Å². The molecule has 4 rings (SSSR count). The van der Waals surface area contributed by atoms with E-state index in [1.54, 1.807) is 18.5 Å². The van der Waals surface area contributed by atoms with Gasteiger partial charge in [0, 0.05) is 55.0 Å². The van der Waals surface area contributed by atoms with Gasteiger partial charge >= 0.3 is 0 Å². The average molecular weight is 347 g/mol. The van der Waals surface area contributed by atoms with Crippen LogP contribution in [0.3, 0.4) is 0 Å². The highest BCUT2D eigenvalue weighted by atomic mass is 16.1. The minimum absolute atomic E-state index is 0.110. The zero-order valence-corrected chi connectivity index (χ0v) is 14.5. The number of hydrogen-bond acceptors (Lipinski definition) is 5. The summed E-state index contributed by atoms with van der Waals surface area (Å²) >= 11 is 0. The number of ketones is 1. The number of carbonyl (C=O) groups is 1. The molecule has 1 aliphatic heterocycles. The summed E-state index contributed by atoms with van der Waals surface area (Å²) in [7, 11) is 0. The van der Waals surface area contributed by atoms with Crippen LogP contribution in [-0.4, -0.2) is 46.9 Å². The Morgan fingerprint density at radius 3 is 2.92 bits per heavy atom. The summed E-state index contributed by atoms with van der Waals surface area (Å²) in [5.41, 5.74) is 2.81. The van der Waals surface area contributed by atoms with Gasteiger partial charge in [-0.3, -0.25) is 9.78 Å².